The number of thiol groups is 1. The molecule has 0 saturated heterocycles. The molecule has 0 radical (unpaired) electrons. The number of thiocarbonyl (C=S) groups is 1. The lowest BCUT2D eigenvalue weighted by atomic mass is 10.7. The van der Waals surface area contributed by atoms with Gasteiger partial charge in [0.05, 0.1) is 0 Å². The number of nitrogens with one attached hydrogen (secondary N) is 2. The lowest BCUT2D eigenvalue weighted by Gasteiger charge is -2.00. The van der Waals surface area contributed by atoms with Crippen LogP contribution < -0.4 is 16.6 Å². The smallest absolute Gasteiger partial charge is 0.213 e. The maximum absolute atomic E-state index is 4.70. The van der Waals surface area contributed by atoms with E-state index < -0.39 is 0 Å². The van der Waals surface area contributed by atoms with Crippen molar-refractivity contribution in [2.75, 3.05) is 12.3 Å². The van der Waals surface area contributed by atoms with E-state index in [9.17, 15) is 0 Å². The predicted molar refractivity (Wildman–Crippen MR) is 40.5 cm³/mol. The Kier molecular flexibility index (Phi) is 5.14. The van der Waals surface area contributed by atoms with Gasteiger partial charge in [-0.2, -0.15) is 12.6 Å². The first-order valence-electron chi connectivity index (χ1n) is 2.23. The Bertz CT molecular complexity index is 74.9. The van der Waals surface area contributed by atoms with Crippen molar-refractivity contribution in [1.82, 2.24) is 10.7 Å². The predicted octanol–water partition coefficient (Wildman–Crippen LogP) is -1.46. The minimum absolute atomic E-state index is 0.569. The van der Waals surface area contributed by atoms with Crippen LogP contribution in [0.4, 0.5) is 0 Å². The van der Waals surface area contributed by atoms with Crippen LogP contribution in [-0.2, 0) is 0 Å². The van der Waals surface area contributed by atoms with E-state index in [-0.39, 0.29) is 0 Å². The van der Waals surface area contributed by atoms with Crippen molar-refractivity contribution in [3.8, 4) is 0 Å². The van der Waals surface area contributed by atoms with Gasteiger partial charge in [-0.15, -0.1) is 0 Å². The maximum atomic E-state index is 4.70. The van der Waals surface area contributed by atoms with Gasteiger partial charge in [-0.05, 0) is 12.2 Å². The molecule has 0 saturated carbocycles. The van der Waals surface area contributed by atoms with Gasteiger partial charge in [0, 0.05) is 12.3 Å². The summed E-state index contributed by atoms with van der Waals surface area (Å²) in [7, 11) is 0. The third-order valence-corrected chi connectivity index (χ3v) is 1.07. The van der Waals surface area contributed by atoms with Crippen LogP contribution >= 0.6 is 24.8 Å². The molecule has 8 heavy (non-hydrogen) atoms. The summed E-state index contributed by atoms with van der Waals surface area (Å²) < 4.78 is 0. The third kappa shape index (κ3) is 4.17. The second kappa shape index (κ2) is 5.14. The van der Waals surface area contributed by atoms with Gasteiger partial charge in [0.25, 0.3) is 0 Å². The van der Waals surface area contributed by atoms with Crippen LogP contribution in [0.2, 0.25) is 0 Å². The molecule has 3 nitrogen and oxygen atoms in total. The van der Waals surface area contributed by atoms with E-state index in [1.165, 1.54) is 0 Å². The van der Waals surface area contributed by atoms with E-state index in [0.29, 0.717) is 5.11 Å². The Morgan fingerprint density at radius 1 is 1.75 bits per heavy atom. The van der Waals surface area contributed by atoms with Crippen molar-refractivity contribution < 1.29 is 5.84 Å². The van der Waals surface area contributed by atoms with Gasteiger partial charge in [0.1, 0.15) is 0 Å². The van der Waals surface area contributed by atoms with Gasteiger partial charge >= 0.3 is 0 Å². The fourth-order valence-corrected chi connectivity index (χ4v) is 0.446. The summed E-state index contributed by atoms with van der Waals surface area (Å²) in [5.74, 6) is 4.14. The normalized spacial score (nSPS) is 8.25. The van der Waals surface area contributed by atoms with E-state index in [4.69, 9.17) is 12.2 Å². The van der Waals surface area contributed by atoms with Crippen molar-refractivity contribution in [3.05, 3.63) is 0 Å². The lowest BCUT2D eigenvalue weighted by Crippen LogP contribution is -2.69. The summed E-state index contributed by atoms with van der Waals surface area (Å²) in [4.78, 5) is 0. The lowest BCUT2D eigenvalue weighted by molar-refractivity contribution is -0.419. The number of hydrogen-bond donors (Lipinski definition) is 4. The van der Waals surface area contributed by atoms with Crippen LogP contribution in [0.3, 0.4) is 0 Å². The second-order valence-electron chi connectivity index (χ2n) is 1.16. The SMILES string of the molecule is [NH3+]NC(=S)NCCS. The van der Waals surface area contributed by atoms with Gasteiger partial charge in [-0.3, -0.25) is 5.84 Å². The van der Waals surface area contributed by atoms with Gasteiger partial charge in [0.2, 0.25) is 5.11 Å². The molecule has 0 fully saturated rings. The molecule has 0 amide bonds. The molecule has 0 aliphatic carbocycles. The average molecular weight is 152 g/mol. The zero-order valence-electron chi connectivity index (χ0n) is 4.48. The zero-order valence-corrected chi connectivity index (χ0v) is 6.19. The highest BCUT2D eigenvalue weighted by atomic mass is 32.1. The fourth-order valence-electron chi connectivity index (χ4n) is 0.232. The summed E-state index contributed by atoms with van der Waals surface area (Å²) >= 11 is 8.67. The summed E-state index contributed by atoms with van der Waals surface area (Å²) in [5.41, 5.74) is 2.54. The van der Waals surface area contributed by atoms with Gasteiger partial charge < -0.3 is 5.32 Å². The van der Waals surface area contributed by atoms with Crippen molar-refractivity contribution in [2.24, 2.45) is 0 Å². The quantitative estimate of drug-likeness (QED) is 0.222. The number of hydrogen-bond acceptors (Lipinski definition) is 2. The number of rotatable bonds is 2. The van der Waals surface area contributed by atoms with Crippen LogP contribution in [0.1, 0.15) is 0 Å². The molecule has 48 valence electrons. The van der Waals surface area contributed by atoms with Crippen molar-refractivity contribution >= 4 is 30.0 Å². The Labute approximate surface area is 59.4 Å². The molecule has 0 aromatic heterocycles. The molecule has 0 heterocycles. The highest BCUT2D eigenvalue weighted by Crippen LogP contribution is 1.67. The maximum Gasteiger partial charge on any atom is 0.213 e. The molecular weight excluding hydrogens is 142 g/mol. The largest absolute Gasteiger partial charge is 0.358 e. The minimum Gasteiger partial charge on any atom is -0.358 e. The second-order valence-corrected chi connectivity index (χ2v) is 2.01. The van der Waals surface area contributed by atoms with Crippen molar-refractivity contribution in [3.63, 3.8) is 0 Å². The van der Waals surface area contributed by atoms with Crippen molar-refractivity contribution in [1.29, 1.82) is 0 Å². The molecule has 0 aliphatic heterocycles. The van der Waals surface area contributed by atoms with Crippen LogP contribution in [0.15, 0.2) is 0 Å². The Morgan fingerprint density at radius 3 is 2.75 bits per heavy atom. The average Bonchev–Trinajstić information content (AvgIpc) is 1.83. The first kappa shape index (κ1) is 8.00. The van der Waals surface area contributed by atoms with E-state index >= 15 is 0 Å². The van der Waals surface area contributed by atoms with Crippen molar-refractivity contribution in [2.45, 2.75) is 0 Å². The monoisotopic (exact) mass is 152 g/mol. The molecule has 0 aromatic rings. The Hall–Kier alpha value is 0. The van der Waals surface area contributed by atoms with E-state index in [1.54, 1.807) is 0 Å². The van der Waals surface area contributed by atoms with Crippen LogP contribution in [-0.4, -0.2) is 17.4 Å². The van der Waals surface area contributed by atoms with E-state index in [0.717, 1.165) is 12.3 Å². The van der Waals surface area contributed by atoms with Gasteiger partial charge in [0.15, 0.2) is 0 Å². The van der Waals surface area contributed by atoms with E-state index in [1.807, 2.05) is 0 Å². The van der Waals surface area contributed by atoms with Crippen LogP contribution in [0.5, 0.6) is 0 Å². The highest BCUT2D eigenvalue weighted by molar-refractivity contribution is 7.80. The molecule has 5 heteroatoms. The molecule has 5 N–H and O–H groups in total. The summed E-state index contributed by atoms with van der Waals surface area (Å²) in [6.07, 6.45) is 0. The molecule has 0 bridgehead atoms. The van der Waals surface area contributed by atoms with Crippen LogP contribution in [0, 0.1) is 0 Å². The minimum atomic E-state index is 0.569. The highest BCUT2D eigenvalue weighted by Gasteiger charge is 1.87. The fraction of sp³-hybridized carbons (Fsp3) is 0.667. The topological polar surface area (TPSA) is 51.7 Å². The summed E-state index contributed by atoms with van der Waals surface area (Å²) in [6, 6.07) is 0. The van der Waals surface area contributed by atoms with Gasteiger partial charge in [-0.1, -0.05) is 0 Å². The third-order valence-electron chi connectivity index (χ3n) is 0.558. The standard InChI is InChI=1S/C3H9N3S2/c4-6-3(8)5-1-2-7/h7H,1-2,4H2,(H2,5,6,8)/p+1. The molecule has 0 rings (SSSR count). The van der Waals surface area contributed by atoms with E-state index in [2.05, 4.69) is 29.2 Å². The molecule has 0 atom stereocenters. The molecule has 0 aliphatic rings. The molecule has 0 unspecified atom stereocenters. The Morgan fingerprint density at radius 2 is 2.38 bits per heavy atom. The van der Waals surface area contributed by atoms with Crippen LogP contribution in [0.25, 0.3) is 0 Å². The first-order valence-corrected chi connectivity index (χ1v) is 3.27. The Balaban J connectivity index is 2.99. The molecular formula is C3H10N3S2+. The molecule has 0 aromatic carbocycles. The molecule has 0 spiro atoms. The summed E-state index contributed by atoms with van der Waals surface area (Å²) in [6.45, 7) is 0.782. The van der Waals surface area contributed by atoms with Gasteiger partial charge in [-0.25, -0.2) is 5.43 Å². The summed E-state index contributed by atoms with van der Waals surface area (Å²) in [5, 5.41) is 3.43. The number of quaternary nitrogens is 1. The zero-order chi connectivity index (χ0) is 6.41. The first-order chi connectivity index (χ1) is 3.81.